The minimum atomic E-state index is -0.313. The number of carbonyl (C=O) groups is 2. The first-order valence-electron chi connectivity index (χ1n) is 7.39. The molecule has 1 N–H and O–H groups in total. The molecule has 0 spiro atoms. The van der Waals surface area contributed by atoms with Crippen LogP contribution in [-0.2, 0) is 14.3 Å². The van der Waals surface area contributed by atoms with Gasteiger partial charge in [-0.1, -0.05) is 22.0 Å². The number of ether oxygens (including phenoxy) is 2. The highest BCUT2D eigenvalue weighted by atomic mass is 79.9. The SMILES string of the molecule is COc1cccc(NC(=O)[C@@H]2[C@H]3C[C@H]4[C@H](OC(=O)[C@@H]42)[C@@H]3Br)c1. The topological polar surface area (TPSA) is 64.6 Å². The smallest absolute Gasteiger partial charge is 0.310 e. The zero-order chi connectivity index (χ0) is 15.4. The van der Waals surface area contributed by atoms with Crippen LogP contribution in [0.2, 0.25) is 0 Å². The average molecular weight is 366 g/mol. The van der Waals surface area contributed by atoms with Gasteiger partial charge in [-0.3, -0.25) is 9.59 Å². The van der Waals surface area contributed by atoms with Crippen molar-refractivity contribution in [1.82, 2.24) is 0 Å². The molecule has 1 amide bonds. The Morgan fingerprint density at radius 2 is 2.23 bits per heavy atom. The monoisotopic (exact) mass is 365 g/mol. The predicted molar refractivity (Wildman–Crippen MR) is 82.8 cm³/mol. The lowest BCUT2D eigenvalue weighted by atomic mass is 9.79. The Hall–Kier alpha value is -1.56. The van der Waals surface area contributed by atoms with Crippen LogP contribution in [0.15, 0.2) is 24.3 Å². The van der Waals surface area contributed by atoms with Gasteiger partial charge in [0.1, 0.15) is 11.9 Å². The number of hydrogen-bond donors (Lipinski definition) is 1. The molecule has 2 saturated carbocycles. The molecule has 1 aliphatic heterocycles. The summed E-state index contributed by atoms with van der Waals surface area (Å²) >= 11 is 3.62. The third-order valence-corrected chi connectivity index (χ3v) is 6.36. The van der Waals surface area contributed by atoms with Crippen LogP contribution in [0.4, 0.5) is 5.69 Å². The maximum atomic E-state index is 12.7. The minimum absolute atomic E-state index is 0.0524. The fourth-order valence-electron chi connectivity index (χ4n) is 4.26. The third-order valence-electron chi connectivity index (χ3n) is 5.16. The number of fused-ring (bicyclic) bond motifs is 1. The van der Waals surface area contributed by atoms with Crippen molar-refractivity contribution in [3.8, 4) is 5.75 Å². The molecule has 3 aliphatic rings. The van der Waals surface area contributed by atoms with Crippen molar-refractivity contribution in [2.24, 2.45) is 23.7 Å². The standard InChI is InChI=1S/C16H16BrNO4/c1-21-8-4-2-3-7(5-8)18-15(19)11-9-6-10-12(11)16(20)22-14(10)13(9)17/h2-5,9-14H,6H2,1H3,(H,18,19)/t9-,10-,11-,12+,13-,14+/m1/s1. The molecule has 2 bridgehead atoms. The quantitative estimate of drug-likeness (QED) is 0.658. The van der Waals surface area contributed by atoms with Crippen LogP contribution < -0.4 is 10.1 Å². The van der Waals surface area contributed by atoms with E-state index in [0.29, 0.717) is 11.4 Å². The van der Waals surface area contributed by atoms with Crippen molar-refractivity contribution in [2.75, 3.05) is 12.4 Å². The second kappa shape index (κ2) is 4.98. The number of rotatable bonds is 3. The first-order chi connectivity index (χ1) is 10.6. The molecule has 3 fully saturated rings. The number of benzene rings is 1. The normalized spacial score (nSPS) is 38.0. The fourth-order valence-corrected chi connectivity index (χ4v) is 5.30. The summed E-state index contributed by atoms with van der Waals surface area (Å²) in [5.74, 6) is 0.114. The molecule has 22 heavy (non-hydrogen) atoms. The van der Waals surface area contributed by atoms with E-state index < -0.39 is 0 Å². The molecule has 6 atom stereocenters. The maximum absolute atomic E-state index is 12.7. The Bertz CT molecular complexity index is 649. The summed E-state index contributed by atoms with van der Waals surface area (Å²) in [5, 5.41) is 2.92. The second-order valence-corrected chi connectivity index (χ2v) is 7.24. The van der Waals surface area contributed by atoms with E-state index in [4.69, 9.17) is 9.47 Å². The lowest BCUT2D eigenvalue weighted by Crippen LogP contribution is -2.40. The Labute approximate surface area is 136 Å². The Kier molecular flexibility index (Phi) is 3.18. The van der Waals surface area contributed by atoms with E-state index in [2.05, 4.69) is 21.2 Å². The number of methoxy groups -OCH3 is 1. The molecule has 1 aromatic carbocycles. The molecule has 116 valence electrons. The van der Waals surface area contributed by atoms with Crippen molar-refractivity contribution in [3.63, 3.8) is 0 Å². The van der Waals surface area contributed by atoms with Gasteiger partial charge in [0.2, 0.25) is 5.91 Å². The van der Waals surface area contributed by atoms with Gasteiger partial charge in [0.05, 0.1) is 23.8 Å². The van der Waals surface area contributed by atoms with Crippen LogP contribution in [-0.4, -0.2) is 29.9 Å². The second-order valence-electron chi connectivity index (χ2n) is 6.18. The zero-order valence-corrected chi connectivity index (χ0v) is 13.6. The highest BCUT2D eigenvalue weighted by Gasteiger charge is 2.67. The number of alkyl halides is 1. The van der Waals surface area contributed by atoms with E-state index in [1.807, 2.05) is 18.2 Å². The van der Waals surface area contributed by atoms with Gasteiger partial charge in [-0.25, -0.2) is 0 Å². The molecule has 0 unspecified atom stereocenters. The number of nitrogens with one attached hydrogen (secondary N) is 1. The van der Waals surface area contributed by atoms with Crippen molar-refractivity contribution in [1.29, 1.82) is 0 Å². The molecular weight excluding hydrogens is 350 g/mol. The van der Waals surface area contributed by atoms with E-state index in [1.165, 1.54) is 0 Å². The molecule has 4 rings (SSSR count). The van der Waals surface area contributed by atoms with Crippen LogP contribution >= 0.6 is 15.9 Å². The Balaban J connectivity index is 1.57. The van der Waals surface area contributed by atoms with E-state index in [-0.39, 0.29) is 46.5 Å². The van der Waals surface area contributed by atoms with E-state index in [9.17, 15) is 9.59 Å². The highest BCUT2D eigenvalue weighted by molar-refractivity contribution is 9.09. The molecule has 5 nitrogen and oxygen atoms in total. The van der Waals surface area contributed by atoms with Gasteiger partial charge in [0, 0.05) is 17.7 Å². The number of amides is 1. The molecule has 1 aromatic rings. The summed E-state index contributed by atoms with van der Waals surface area (Å²) in [7, 11) is 1.58. The summed E-state index contributed by atoms with van der Waals surface area (Å²) in [6.07, 6.45) is 0.830. The van der Waals surface area contributed by atoms with Crippen molar-refractivity contribution in [3.05, 3.63) is 24.3 Å². The van der Waals surface area contributed by atoms with Crippen LogP contribution in [0, 0.1) is 23.7 Å². The van der Waals surface area contributed by atoms with E-state index >= 15 is 0 Å². The number of anilines is 1. The fraction of sp³-hybridized carbons (Fsp3) is 0.500. The molecule has 1 saturated heterocycles. The van der Waals surface area contributed by atoms with Gasteiger partial charge < -0.3 is 14.8 Å². The Morgan fingerprint density at radius 1 is 1.41 bits per heavy atom. The number of carbonyl (C=O) groups excluding carboxylic acids is 2. The average Bonchev–Trinajstić information content (AvgIpc) is 3.11. The van der Waals surface area contributed by atoms with E-state index in [0.717, 1.165) is 6.42 Å². The molecule has 1 heterocycles. The summed E-state index contributed by atoms with van der Waals surface area (Å²) < 4.78 is 10.6. The van der Waals surface area contributed by atoms with Crippen LogP contribution in [0.1, 0.15) is 6.42 Å². The molecule has 0 radical (unpaired) electrons. The number of halogens is 1. The zero-order valence-electron chi connectivity index (χ0n) is 12.0. The lowest BCUT2D eigenvalue weighted by molar-refractivity contribution is -0.145. The largest absolute Gasteiger partial charge is 0.497 e. The molecule has 6 heteroatoms. The van der Waals surface area contributed by atoms with Gasteiger partial charge in [0.15, 0.2) is 0 Å². The number of esters is 1. The summed E-state index contributed by atoms with van der Waals surface area (Å²) in [5.41, 5.74) is 0.682. The predicted octanol–water partition coefficient (Wildman–Crippen LogP) is 2.20. The summed E-state index contributed by atoms with van der Waals surface area (Å²) in [6.45, 7) is 0. The lowest BCUT2D eigenvalue weighted by Gasteiger charge is -2.27. The van der Waals surface area contributed by atoms with Crippen LogP contribution in [0.3, 0.4) is 0 Å². The van der Waals surface area contributed by atoms with Crippen LogP contribution in [0.25, 0.3) is 0 Å². The third kappa shape index (κ3) is 1.89. The molecule has 2 aliphatic carbocycles. The first kappa shape index (κ1) is 14.1. The van der Waals surface area contributed by atoms with Gasteiger partial charge >= 0.3 is 5.97 Å². The Morgan fingerprint density at radius 3 is 3.00 bits per heavy atom. The minimum Gasteiger partial charge on any atom is -0.497 e. The molecular formula is C16H16BrNO4. The van der Waals surface area contributed by atoms with Crippen molar-refractivity contribution < 1.29 is 19.1 Å². The van der Waals surface area contributed by atoms with E-state index in [1.54, 1.807) is 13.2 Å². The van der Waals surface area contributed by atoms with Crippen molar-refractivity contribution in [2.45, 2.75) is 17.4 Å². The van der Waals surface area contributed by atoms with Gasteiger partial charge in [0.25, 0.3) is 0 Å². The van der Waals surface area contributed by atoms with Gasteiger partial charge in [-0.2, -0.15) is 0 Å². The highest BCUT2D eigenvalue weighted by Crippen LogP contribution is 2.60. The summed E-state index contributed by atoms with van der Waals surface area (Å²) in [6, 6.07) is 7.23. The van der Waals surface area contributed by atoms with Gasteiger partial charge in [-0.15, -0.1) is 0 Å². The molecule has 0 aromatic heterocycles. The van der Waals surface area contributed by atoms with Crippen molar-refractivity contribution >= 4 is 33.5 Å². The maximum Gasteiger partial charge on any atom is 0.310 e. The van der Waals surface area contributed by atoms with Gasteiger partial charge in [-0.05, 0) is 24.5 Å². The summed E-state index contributed by atoms with van der Waals surface area (Å²) in [4.78, 5) is 24.9. The van der Waals surface area contributed by atoms with Crippen LogP contribution in [0.5, 0.6) is 5.75 Å². The number of hydrogen-bond acceptors (Lipinski definition) is 4. The first-order valence-corrected chi connectivity index (χ1v) is 8.31.